The first-order valence-corrected chi connectivity index (χ1v) is 11.5. The number of hydrogen-bond donors (Lipinski definition) is 2. The van der Waals surface area contributed by atoms with E-state index >= 15 is 0 Å². The number of anilines is 1. The molecule has 1 aliphatic rings. The van der Waals surface area contributed by atoms with Gasteiger partial charge in [0.05, 0.1) is 6.54 Å². The fraction of sp³-hybridized carbons (Fsp3) is 0.500. The Morgan fingerprint density at radius 1 is 1.09 bits per heavy atom. The van der Waals surface area contributed by atoms with E-state index in [-0.39, 0.29) is 11.9 Å². The Labute approximate surface area is 191 Å². The Kier molecular flexibility index (Phi) is 9.28. The van der Waals surface area contributed by atoms with Crippen molar-refractivity contribution in [3.05, 3.63) is 54.4 Å². The van der Waals surface area contributed by atoms with Crippen molar-refractivity contribution in [3.63, 3.8) is 0 Å². The first kappa shape index (κ1) is 23.5. The van der Waals surface area contributed by atoms with Crippen LogP contribution in [-0.4, -0.2) is 72.0 Å². The highest BCUT2D eigenvalue weighted by atomic mass is 16.2. The average molecular weight is 438 g/mol. The highest BCUT2D eigenvalue weighted by molar-refractivity contribution is 5.81. The normalized spacial score (nSPS) is 15.4. The molecule has 0 bridgehead atoms. The topological polar surface area (TPSA) is 85.8 Å². The van der Waals surface area contributed by atoms with Gasteiger partial charge in [-0.3, -0.25) is 9.79 Å². The highest BCUT2D eigenvalue weighted by Crippen LogP contribution is 2.10. The van der Waals surface area contributed by atoms with Gasteiger partial charge in [-0.25, -0.2) is 9.97 Å². The number of carbonyl (C=O) groups is 1. The molecule has 0 radical (unpaired) electrons. The number of hydrogen-bond acceptors (Lipinski definition) is 5. The lowest BCUT2D eigenvalue weighted by atomic mass is 10.1. The summed E-state index contributed by atoms with van der Waals surface area (Å²) in [6, 6.07) is 12.6. The molecule has 1 aromatic carbocycles. The molecule has 1 aromatic heterocycles. The average Bonchev–Trinajstić information content (AvgIpc) is 2.84. The van der Waals surface area contributed by atoms with Crippen molar-refractivity contribution >= 4 is 17.8 Å². The summed E-state index contributed by atoms with van der Waals surface area (Å²) in [4.78, 5) is 29.9. The molecule has 8 nitrogen and oxygen atoms in total. The molecule has 1 amide bonds. The van der Waals surface area contributed by atoms with Crippen molar-refractivity contribution in [2.75, 3.05) is 44.2 Å². The third kappa shape index (κ3) is 7.51. The van der Waals surface area contributed by atoms with Crippen LogP contribution < -0.4 is 15.5 Å². The number of amides is 1. The summed E-state index contributed by atoms with van der Waals surface area (Å²) in [5.41, 5.74) is 1.34. The van der Waals surface area contributed by atoms with Crippen LogP contribution in [0.5, 0.6) is 0 Å². The monoisotopic (exact) mass is 437 g/mol. The number of piperazine rings is 1. The Morgan fingerprint density at radius 2 is 1.81 bits per heavy atom. The van der Waals surface area contributed by atoms with Crippen LogP contribution in [0.2, 0.25) is 0 Å². The van der Waals surface area contributed by atoms with Gasteiger partial charge in [0.2, 0.25) is 11.9 Å². The fourth-order valence-electron chi connectivity index (χ4n) is 3.69. The summed E-state index contributed by atoms with van der Waals surface area (Å²) in [6.45, 7) is 8.36. The van der Waals surface area contributed by atoms with Gasteiger partial charge in [-0.2, -0.15) is 0 Å². The van der Waals surface area contributed by atoms with Gasteiger partial charge in [0.1, 0.15) is 0 Å². The van der Waals surface area contributed by atoms with Crippen molar-refractivity contribution in [1.82, 2.24) is 25.5 Å². The number of rotatable bonds is 9. The maximum atomic E-state index is 12.6. The second kappa shape index (κ2) is 12.6. The Hall–Kier alpha value is -3.16. The summed E-state index contributed by atoms with van der Waals surface area (Å²) >= 11 is 0. The van der Waals surface area contributed by atoms with E-state index in [1.54, 1.807) is 12.4 Å². The minimum Gasteiger partial charge on any atom is -0.357 e. The van der Waals surface area contributed by atoms with Gasteiger partial charge in [0.25, 0.3) is 0 Å². The summed E-state index contributed by atoms with van der Waals surface area (Å²) in [7, 11) is 0. The van der Waals surface area contributed by atoms with Gasteiger partial charge in [-0.05, 0) is 38.3 Å². The molecule has 0 aliphatic carbocycles. The van der Waals surface area contributed by atoms with Gasteiger partial charge in [0, 0.05) is 57.6 Å². The molecule has 1 aliphatic heterocycles. The van der Waals surface area contributed by atoms with Gasteiger partial charge in [0.15, 0.2) is 5.96 Å². The zero-order valence-electron chi connectivity index (χ0n) is 19.2. The van der Waals surface area contributed by atoms with E-state index in [0.29, 0.717) is 26.1 Å². The molecule has 2 N–H and O–H groups in total. The Balaban J connectivity index is 1.40. The molecule has 2 heterocycles. The van der Waals surface area contributed by atoms with Crippen LogP contribution in [-0.2, 0) is 11.2 Å². The lowest BCUT2D eigenvalue weighted by Gasteiger charge is -2.34. The number of aromatic nitrogens is 2. The largest absolute Gasteiger partial charge is 0.357 e. The smallest absolute Gasteiger partial charge is 0.225 e. The number of carbonyl (C=O) groups excluding carboxylic acids is 1. The molecule has 172 valence electrons. The molecule has 0 spiro atoms. The van der Waals surface area contributed by atoms with Crippen molar-refractivity contribution in [2.45, 2.75) is 39.2 Å². The number of aryl methyl sites for hydroxylation is 1. The maximum absolute atomic E-state index is 12.6. The molecule has 1 saturated heterocycles. The predicted molar refractivity (Wildman–Crippen MR) is 129 cm³/mol. The van der Waals surface area contributed by atoms with Crippen LogP contribution in [0.4, 0.5) is 5.95 Å². The number of nitrogens with zero attached hydrogens (tertiary/aromatic N) is 5. The number of aliphatic imine (C=N–C) groups is 1. The van der Waals surface area contributed by atoms with Crippen molar-refractivity contribution in [2.24, 2.45) is 4.99 Å². The third-order valence-electron chi connectivity index (χ3n) is 5.50. The number of benzene rings is 1. The third-order valence-corrected chi connectivity index (χ3v) is 5.50. The number of nitrogens with one attached hydrogen (secondary N) is 2. The lowest BCUT2D eigenvalue weighted by Crippen LogP contribution is -2.49. The Bertz CT molecular complexity index is 836. The quantitative estimate of drug-likeness (QED) is 0.462. The lowest BCUT2D eigenvalue weighted by molar-refractivity contribution is -0.131. The zero-order chi connectivity index (χ0) is 22.6. The van der Waals surface area contributed by atoms with Crippen LogP contribution in [0.15, 0.2) is 53.8 Å². The van der Waals surface area contributed by atoms with Crippen molar-refractivity contribution in [1.29, 1.82) is 0 Å². The summed E-state index contributed by atoms with van der Waals surface area (Å²) in [5.74, 6) is 1.65. The minimum atomic E-state index is 0.148. The predicted octanol–water partition coefficient (Wildman–Crippen LogP) is 2.09. The van der Waals surface area contributed by atoms with Crippen LogP contribution in [0, 0.1) is 0 Å². The summed E-state index contributed by atoms with van der Waals surface area (Å²) < 4.78 is 0. The first-order valence-electron chi connectivity index (χ1n) is 11.5. The van der Waals surface area contributed by atoms with E-state index in [4.69, 9.17) is 0 Å². The molecular formula is C24H35N7O. The summed E-state index contributed by atoms with van der Waals surface area (Å²) in [6.07, 6.45) is 5.94. The zero-order valence-corrected chi connectivity index (χ0v) is 19.2. The molecule has 1 unspecified atom stereocenters. The molecule has 32 heavy (non-hydrogen) atoms. The standard InChI is InChI=1S/C24H35N7O/c1-3-25-23(29-20(2)10-11-21-8-5-4-6-9-21)26-15-12-22(32)30-16-18-31(19-17-30)24-27-13-7-14-28-24/h4-9,13-14,20H,3,10-12,15-19H2,1-2H3,(H2,25,26,29). The maximum Gasteiger partial charge on any atom is 0.225 e. The van der Waals surface area contributed by atoms with Crippen molar-refractivity contribution in [3.8, 4) is 0 Å². The molecule has 3 rings (SSSR count). The van der Waals surface area contributed by atoms with Crippen LogP contribution in [0.1, 0.15) is 32.3 Å². The highest BCUT2D eigenvalue weighted by Gasteiger charge is 2.22. The van der Waals surface area contributed by atoms with E-state index in [9.17, 15) is 4.79 Å². The molecule has 8 heteroatoms. The second-order valence-corrected chi connectivity index (χ2v) is 8.00. The minimum absolute atomic E-state index is 0.148. The molecular weight excluding hydrogens is 402 g/mol. The molecule has 1 atom stereocenters. The molecule has 2 aromatic rings. The van der Waals surface area contributed by atoms with E-state index in [1.165, 1.54) is 5.56 Å². The SMILES string of the molecule is CCNC(=NCCC(=O)N1CCN(c2ncccn2)CC1)NC(C)CCc1ccccc1. The van der Waals surface area contributed by atoms with Crippen LogP contribution >= 0.6 is 0 Å². The van der Waals surface area contributed by atoms with E-state index in [1.807, 2.05) is 24.0 Å². The molecule has 1 fully saturated rings. The van der Waals surface area contributed by atoms with E-state index in [2.05, 4.69) is 61.7 Å². The first-order chi connectivity index (χ1) is 15.7. The second-order valence-electron chi connectivity index (χ2n) is 8.00. The van der Waals surface area contributed by atoms with E-state index < -0.39 is 0 Å². The van der Waals surface area contributed by atoms with Gasteiger partial charge in [-0.15, -0.1) is 0 Å². The van der Waals surface area contributed by atoms with Gasteiger partial charge < -0.3 is 20.4 Å². The van der Waals surface area contributed by atoms with Crippen LogP contribution in [0.3, 0.4) is 0 Å². The van der Waals surface area contributed by atoms with Crippen molar-refractivity contribution < 1.29 is 4.79 Å². The van der Waals surface area contributed by atoms with E-state index in [0.717, 1.165) is 44.4 Å². The summed E-state index contributed by atoms with van der Waals surface area (Å²) in [5, 5.41) is 6.74. The van der Waals surface area contributed by atoms with Gasteiger partial charge in [-0.1, -0.05) is 30.3 Å². The Morgan fingerprint density at radius 3 is 2.50 bits per heavy atom. The number of guanidine groups is 1. The van der Waals surface area contributed by atoms with Gasteiger partial charge >= 0.3 is 0 Å². The van der Waals surface area contributed by atoms with Crippen LogP contribution in [0.25, 0.3) is 0 Å². The fourth-order valence-corrected chi connectivity index (χ4v) is 3.69. The molecule has 0 saturated carbocycles.